The number of carboxylic acid groups (broad SMARTS) is 2. The molecule has 320 valence electrons. The Bertz CT molecular complexity index is 2460. The highest BCUT2D eigenvalue weighted by Crippen LogP contribution is 2.48. The first-order valence-corrected chi connectivity index (χ1v) is 21.3. The second-order valence-electron chi connectivity index (χ2n) is 16.1. The number of carbonyl (C=O) groups excluding carboxylic acids is 3. The number of pyridine rings is 1. The molecule has 0 spiro atoms. The van der Waals surface area contributed by atoms with Gasteiger partial charge in [-0.25, -0.2) is 14.6 Å². The average Bonchev–Trinajstić information content (AvgIpc) is 3.64. The summed E-state index contributed by atoms with van der Waals surface area (Å²) in [6.07, 6.45) is 3.59. The SMILES string of the molecule is CCn1cc(C(=O)NCC23CC[N+](CC4=C(C(=O)O)N5C(=O)[C@@H](NC(=O)C(=NOC(C)(C)C(=O)O)c6csc(N)n6)[C@H]5S[C@H]4C)(CC2)CC3)c(=O)c2c(Cl)c(O)c(O)cc21. The smallest absolute Gasteiger partial charge is 0.352 e. The van der Waals surface area contributed by atoms with Crippen LogP contribution in [0.25, 0.3) is 10.9 Å². The number of aromatic nitrogens is 2. The van der Waals surface area contributed by atoms with E-state index in [0.29, 0.717) is 49.3 Å². The first kappa shape index (κ1) is 42.7. The number of benzene rings is 1. The summed E-state index contributed by atoms with van der Waals surface area (Å²) in [5.74, 6) is -5.84. The zero-order chi connectivity index (χ0) is 43.6. The second kappa shape index (κ2) is 15.6. The number of phenols is 2. The van der Waals surface area contributed by atoms with Crippen molar-refractivity contribution in [2.45, 2.75) is 75.8 Å². The van der Waals surface area contributed by atoms with Crippen molar-refractivity contribution in [3.63, 3.8) is 0 Å². The highest BCUT2D eigenvalue weighted by molar-refractivity contribution is 8.00. The van der Waals surface area contributed by atoms with Crippen LogP contribution >= 0.6 is 34.7 Å². The number of nitrogen functional groups attached to an aromatic ring is 1. The second-order valence-corrected chi connectivity index (χ2v) is 18.9. The predicted octanol–water partition coefficient (Wildman–Crippen LogP) is 2.27. The van der Waals surface area contributed by atoms with Crippen molar-refractivity contribution in [2.24, 2.45) is 10.6 Å². The zero-order valence-electron chi connectivity index (χ0n) is 33.0. The van der Waals surface area contributed by atoms with E-state index >= 15 is 0 Å². The Labute approximate surface area is 355 Å². The summed E-state index contributed by atoms with van der Waals surface area (Å²) in [5, 5.41) is 49.7. The van der Waals surface area contributed by atoms with Gasteiger partial charge in [0.15, 0.2) is 22.3 Å². The van der Waals surface area contributed by atoms with E-state index in [9.17, 15) is 49.2 Å². The largest absolute Gasteiger partial charge is 0.504 e. The number of nitrogens with zero attached hydrogens (tertiary/aromatic N) is 5. The van der Waals surface area contributed by atoms with Gasteiger partial charge in [-0.1, -0.05) is 16.8 Å². The van der Waals surface area contributed by atoms with Crippen molar-refractivity contribution in [1.82, 2.24) is 25.1 Å². The van der Waals surface area contributed by atoms with Crippen molar-refractivity contribution >= 4 is 86.1 Å². The lowest BCUT2D eigenvalue weighted by atomic mass is 9.70. The minimum Gasteiger partial charge on any atom is -0.504 e. The van der Waals surface area contributed by atoms with E-state index in [0.717, 1.165) is 30.6 Å². The Morgan fingerprint density at radius 2 is 1.82 bits per heavy atom. The van der Waals surface area contributed by atoms with Gasteiger partial charge in [0.05, 0.1) is 35.6 Å². The van der Waals surface area contributed by atoms with Crippen LogP contribution in [0, 0.1) is 5.41 Å². The lowest BCUT2D eigenvalue weighted by Gasteiger charge is -2.56. The topological polar surface area (TPSA) is 276 Å². The predicted molar refractivity (Wildman–Crippen MR) is 221 cm³/mol. The normalized spacial score (nSPS) is 25.1. The van der Waals surface area contributed by atoms with Gasteiger partial charge >= 0.3 is 11.9 Å². The average molecular weight is 888 g/mol. The van der Waals surface area contributed by atoms with Gasteiger partial charge in [-0.2, -0.15) is 0 Å². The van der Waals surface area contributed by atoms with Crippen LogP contribution in [-0.2, 0) is 30.6 Å². The number of nitrogens with two attached hydrogens (primary N) is 1. The third-order valence-corrected chi connectivity index (χ3v) is 14.6. The Morgan fingerprint density at radius 1 is 1.15 bits per heavy atom. The van der Waals surface area contributed by atoms with Crippen molar-refractivity contribution in [3.8, 4) is 11.5 Å². The number of halogens is 1. The number of piperidine rings is 3. The molecule has 5 aliphatic heterocycles. The summed E-state index contributed by atoms with van der Waals surface area (Å²) in [6.45, 7) is 9.29. The minimum atomic E-state index is -1.80. The number of hydrogen-bond acceptors (Lipinski definition) is 14. The molecule has 60 heavy (non-hydrogen) atoms. The number of carbonyl (C=O) groups is 5. The molecule has 8 N–H and O–H groups in total. The van der Waals surface area contributed by atoms with Crippen molar-refractivity contribution < 1.29 is 53.7 Å². The number of nitrogens with one attached hydrogen (secondary N) is 2. The molecule has 3 amide bonds. The number of aryl methyl sites for hydroxylation is 1. The molecule has 8 rings (SSSR count). The molecule has 2 aromatic heterocycles. The number of aliphatic carboxylic acids is 2. The molecule has 0 unspecified atom stereocenters. The van der Waals surface area contributed by atoms with Gasteiger partial charge in [0.2, 0.25) is 11.0 Å². The molecule has 0 saturated carbocycles. The number of carboxylic acids is 2. The highest BCUT2D eigenvalue weighted by Gasteiger charge is 2.58. The molecule has 2 bridgehead atoms. The number of quaternary nitrogens is 1. The van der Waals surface area contributed by atoms with Crippen LogP contribution in [0.2, 0.25) is 5.02 Å². The molecule has 0 radical (unpaired) electrons. The summed E-state index contributed by atoms with van der Waals surface area (Å²) < 4.78 is 2.21. The number of rotatable bonds is 13. The Balaban J connectivity index is 1.03. The van der Waals surface area contributed by atoms with Crippen LogP contribution in [0.4, 0.5) is 5.13 Å². The zero-order valence-corrected chi connectivity index (χ0v) is 35.4. The number of oxime groups is 1. The number of hydrogen-bond donors (Lipinski definition) is 7. The number of thioether (sulfide) groups is 1. The van der Waals surface area contributed by atoms with Gasteiger partial charge in [0, 0.05) is 66.2 Å². The van der Waals surface area contributed by atoms with E-state index in [2.05, 4.69) is 20.8 Å². The molecule has 7 heterocycles. The Kier molecular flexibility index (Phi) is 11.1. The van der Waals surface area contributed by atoms with Gasteiger partial charge in [-0.15, -0.1) is 23.1 Å². The summed E-state index contributed by atoms with van der Waals surface area (Å²) in [4.78, 5) is 89.2. The molecule has 4 fully saturated rings. The molecule has 19 nitrogen and oxygen atoms in total. The molecule has 1 aromatic carbocycles. The van der Waals surface area contributed by atoms with Crippen molar-refractivity contribution in [1.29, 1.82) is 0 Å². The van der Waals surface area contributed by atoms with Gasteiger partial charge in [-0.3, -0.25) is 24.1 Å². The van der Waals surface area contributed by atoms with Gasteiger partial charge in [-0.05, 0) is 27.7 Å². The maximum Gasteiger partial charge on any atom is 0.352 e. The minimum absolute atomic E-state index is 0.00211. The fourth-order valence-electron chi connectivity index (χ4n) is 8.32. The van der Waals surface area contributed by atoms with E-state index in [1.165, 1.54) is 48.2 Å². The first-order chi connectivity index (χ1) is 28.2. The number of phenolic OH excluding ortho intramolecular Hbond substituents is 2. The number of amides is 3. The van der Waals surface area contributed by atoms with Crippen LogP contribution in [0.15, 0.2) is 38.9 Å². The third-order valence-electron chi connectivity index (χ3n) is 12.1. The summed E-state index contributed by atoms with van der Waals surface area (Å²) in [5.41, 5.74) is 3.26. The Morgan fingerprint density at radius 3 is 2.40 bits per heavy atom. The quantitative estimate of drug-likeness (QED) is 0.0427. The fraction of sp³-hybridized carbons (Fsp3) is 0.474. The number of aromatic hydroxyl groups is 2. The van der Waals surface area contributed by atoms with Crippen molar-refractivity contribution in [2.75, 3.05) is 38.5 Å². The maximum atomic E-state index is 13.7. The van der Waals surface area contributed by atoms with E-state index < -0.39 is 69.3 Å². The number of β-lactam (4-membered cyclic amide) rings is 1. The molecular weight excluding hydrogens is 844 g/mol. The van der Waals surface area contributed by atoms with Crippen LogP contribution in [-0.4, -0.2) is 130 Å². The van der Waals surface area contributed by atoms with Crippen LogP contribution in [0.5, 0.6) is 11.5 Å². The fourth-order valence-corrected chi connectivity index (χ4v) is 10.6. The lowest BCUT2D eigenvalue weighted by molar-refractivity contribution is -0.941. The molecule has 3 aromatic rings. The standard InChI is InChI=1S/C38H43ClN8O11S2/c1-5-45-13-18(28(49)23-21(45)12-22(48)29(50)24(23)39)30(51)41-16-38-6-9-47(10-7-38,11-8-38)14-19-17(2)60-33-26(32(53)46(33)27(19)34(54)55)43-31(52)25(20-15-59-36(40)42-20)44-58-37(3,4)35(56)57/h12-13,15,17,26,33H,5-11,14,16H2,1-4H3,(H7-,40,41,42,43,44,48,49,50,51,52,54,55,56,57)/p+1/t17-,26+,33+,38?,47?/m0/s1. The highest BCUT2D eigenvalue weighted by atomic mass is 35.5. The van der Waals surface area contributed by atoms with Crippen LogP contribution < -0.4 is 21.8 Å². The van der Waals surface area contributed by atoms with Gasteiger partial charge in [0.1, 0.15) is 34.9 Å². The number of anilines is 1. The van der Waals surface area contributed by atoms with Gasteiger partial charge < -0.3 is 50.7 Å². The van der Waals surface area contributed by atoms with E-state index in [4.69, 9.17) is 22.2 Å². The maximum absolute atomic E-state index is 13.7. The van der Waals surface area contributed by atoms with E-state index in [-0.39, 0.29) is 48.7 Å². The Hall–Kier alpha value is -5.38. The van der Waals surface area contributed by atoms with E-state index in [1.54, 1.807) is 11.5 Å². The van der Waals surface area contributed by atoms with Crippen molar-refractivity contribution in [3.05, 3.63) is 55.4 Å². The summed E-state index contributed by atoms with van der Waals surface area (Å²) >= 11 is 8.62. The number of thiazole rings is 1. The molecule has 4 saturated heterocycles. The molecule has 5 aliphatic rings. The first-order valence-electron chi connectivity index (χ1n) is 19.1. The number of fused-ring (bicyclic) bond motifs is 5. The van der Waals surface area contributed by atoms with E-state index in [1.807, 2.05) is 6.92 Å². The summed E-state index contributed by atoms with van der Waals surface area (Å²) in [6, 6.07) is 0.106. The third kappa shape index (κ3) is 7.40. The molecule has 3 atom stereocenters. The van der Waals surface area contributed by atoms with Crippen LogP contribution in [0.3, 0.4) is 0 Å². The summed E-state index contributed by atoms with van der Waals surface area (Å²) in [7, 11) is 0. The molecular formula is C38H44ClN8O11S2+. The molecule has 0 aliphatic carbocycles. The monoisotopic (exact) mass is 887 g/mol. The lowest BCUT2D eigenvalue weighted by Crippen LogP contribution is -2.72. The van der Waals surface area contributed by atoms with Crippen LogP contribution in [0.1, 0.15) is 63.0 Å². The van der Waals surface area contributed by atoms with Gasteiger partial charge in [0.25, 0.3) is 17.7 Å². The molecule has 22 heteroatoms.